The van der Waals surface area contributed by atoms with Crippen LogP contribution in [0.25, 0.3) is 0 Å². The van der Waals surface area contributed by atoms with Crippen LogP contribution in [0.3, 0.4) is 0 Å². The summed E-state index contributed by atoms with van der Waals surface area (Å²) in [5.74, 6) is 3.02. The molecule has 1 aromatic rings. The van der Waals surface area contributed by atoms with Gasteiger partial charge >= 0.3 is 0 Å². The Kier molecular flexibility index (Phi) is 3.73. The second-order valence-electron chi connectivity index (χ2n) is 8.15. The molecule has 3 heterocycles. The van der Waals surface area contributed by atoms with E-state index < -0.39 is 15.4 Å². The fraction of sp³-hybridized carbons (Fsp3) is 0.500. The minimum atomic E-state index is -2.63. The largest absolute Gasteiger partial charge is 0.473 e. The third-order valence-corrected chi connectivity index (χ3v) is 14.2. The topological polar surface area (TPSA) is 29.5 Å². The molecule has 6 atom stereocenters. The molecule has 1 aromatic carbocycles. The number of rotatable bonds is 3. The van der Waals surface area contributed by atoms with Gasteiger partial charge in [-0.25, -0.2) is 0 Å². The van der Waals surface area contributed by atoms with Gasteiger partial charge in [-0.1, -0.05) is 42.3 Å². The molecule has 3 aliphatic rings. The Bertz CT molecular complexity index is 831. The molecule has 25 heavy (non-hydrogen) atoms. The van der Waals surface area contributed by atoms with E-state index in [1.54, 1.807) is 0 Å². The Morgan fingerprint density at radius 3 is 2.40 bits per heavy atom. The SMILES string of the molecule is CC1=C[C@@H]2P(Oc3ccccc3)[C@H]1[C@]1(C)C(C)=CP(=O)(N(C)C)[C@]21C. The number of allylic oxidation sites excluding steroid dienone is 3. The number of benzene rings is 1. The summed E-state index contributed by atoms with van der Waals surface area (Å²) in [4.78, 5) is 0. The third kappa shape index (κ3) is 1.88. The van der Waals surface area contributed by atoms with Crippen LogP contribution in [0.5, 0.6) is 5.75 Å². The molecule has 1 fully saturated rings. The van der Waals surface area contributed by atoms with Crippen LogP contribution < -0.4 is 4.52 Å². The van der Waals surface area contributed by atoms with Crippen molar-refractivity contribution in [3.8, 4) is 5.75 Å². The molecule has 2 bridgehead atoms. The van der Waals surface area contributed by atoms with E-state index >= 15 is 0 Å². The summed E-state index contributed by atoms with van der Waals surface area (Å²) in [5.41, 5.74) is 3.14. The van der Waals surface area contributed by atoms with Gasteiger partial charge < -0.3 is 9.09 Å². The fourth-order valence-electron chi connectivity index (χ4n) is 5.39. The molecule has 134 valence electrons. The number of nitrogens with zero attached hydrogens (tertiary/aromatic N) is 1. The predicted octanol–water partition coefficient (Wildman–Crippen LogP) is 5.70. The van der Waals surface area contributed by atoms with E-state index in [1.807, 2.05) is 49.1 Å². The average Bonchev–Trinajstić information content (AvgIpc) is 3.04. The van der Waals surface area contributed by atoms with Gasteiger partial charge in [0, 0.05) is 16.7 Å². The van der Waals surface area contributed by atoms with E-state index in [0.717, 1.165) is 5.75 Å². The second kappa shape index (κ2) is 5.32. The lowest BCUT2D eigenvalue weighted by atomic mass is 9.65. The lowest BCUT2D eigenvalue weighted by molar-refractivity contribution is 0.298. The Morgan fingerprint density at radius 2 is 1.80 bits per heavy atom. The van der Waals surface area contributed by atoms with E-state index in [4.69, 9.17) is 4.52 Å². The number of hydrogen-bond acceptors (Lipinski definition) is 2. The smallest absolute Gasteiger partial charge is 0.178 e. The first kappa shape index (κ1) is 17.5. The van der Waals surface area contributed by atoms with Gasteiger partial charge in [0.1, 0.15) is 13.9 Å². The maximum absolute atomic E-state index is 14.1. The summed E-state index contributed by atoms with van der Waals surface area (Å²) in [5, 5.41) is -0.293. The van der Waals surface area contributed by atoms with Crippen LogP contribution in [0.4, 0.5) is 0 Å². The van der Waals surface area contributed by atoms with Crippen molar-refractivity contribution in [2.24, 2.45) is 5.41 Å². The molecule has 0 N–H and O–H groups in total. The van der Waals surface area contributed by atoms with Crippen molar-refractivity contribution < 1.29 is 9.09 Å². The highest BCUT2D eigenvalue weighted by molar-refractivity contribution is 7.69. The lowest BCUT2D eigenvalue weighted by Crippen LogP contribution is -2.50. The molecule has 3 nitrogen and oxygen atoms in total. The minimum absolute atomic E-state index is 0.100. The van der Waals surface area contributed by atoms with Gasteiger partial charge in [-0.05, 0) is 52.8 Å². The van der Waals surface area contributed by atoms with Crippen molar-refractivity contribution in [2.45, 2.75) is 44.2 Å². The first-order valence-electron chi connectivity index (χ1n) is 8.85. The van der Waals surface area contributed by atoms with E-state index in [1.165, 1.54) is 11.1 Å². The Balaban J connectivity index is 1.85. The summed E-state index contributed by atoms with van der Waals surface area (Å²) >= 11 is 0. The summed E-state index contributed by atoms with van der Waals surface area (Å²) in [6.07, 6.45) is 2.36. The fourth-order valence-corrected chi connectivity index (χ4v) is 13.4. The van der Waals surface area contributed by atoms with E-state index in [2.05, 4.69) is 39.6 Å². The lowest BCUT2D eigenvalue weighted by Gasteiger charge is -2.47. The van der Waals surface area contributed by atoms with E-state index in [9.17, 15) is 4.57 Å². The van der Waals surface area contributed by atoms with Crippen LogP contribution in [0.1, 0.15) is 27.7 Å². The molecule has 3 aliphatic heterocycles. The monoisotopic (exact) mass is 375 g/mol. The molecule has 0 radical (unpaired) electrons. The van der Waals surface area contributed by atoms with Crippen LogP contribution in [0.2, 0.25) is 0 Å². The number of para-hydroxylation sites is 1. The average molecular weight is 375 g/mol. The number of fused-ring (bicyclic) bond motifs is 5. The normalized spacial score (nSPS) is 44.7. The van der Waals surface area contributed by atoms with Gasteiger partial charge in [-0.2, -0.15) is 0 Å². The second-order valence-corrected chi connectivity index (χ2v) is 13.4. The van der Waals surface area contributed by atoms with E-state index in [-0.39, 0.29) is 16.2 Å². The van der Waals surface area contributed by atoms with E-state index in [0.29, 0.717) is 5.66 Å². The third-order valence-electron chi connectivity index (χ3n) is 6.96. The van der Waals surface area contributed by atoms with Crippen molar-refractivity contribution >= 4 is 15.4 Å². The molecule has 0 spiro atoms. The first-order chi connectivity index (χ1) is 11.7. The molecule has 1 saturated heterocycles. The Labute approximate surface area is 152 Å². The maximum atomic E-state index is 14.1. The van der Waals surface area contributed by atoms with Gasteiger partial charge in [-0.3, -0.25) is 4.67 Å². The van der Waals surface area contributed by atoms with Crippen molar-refractivity contribution in [3.63, 3.8) is 0 Å². The molecule has 0 amide bonds. The molecule has 0 saturated carbocycles. The molecular formula is C20H27NO2P2. The van der Waals surface area contributed by atoms with Crippen LogP contribution in [-0.4, -0.2) is 35.2 Å². The zero-order valence-electron chi connectivity index (χ0n) is 15.9. The highest BCUT2D eigenvalue weighted by atomic mass is 31.2. The predicted molar refractivity (Wildman–Crippen MR) is 107 cm³/mol. The zero-order valence-corrected chi connectivity index (χ0v) is 17.6. The van der Waals surface area contributed by atoms with Crippen molar-refractivity contribution in [1.29, 1.82) is 0 Å². The molecular weight excluding hydrogens is 348 g/mol. The van der Waals surface area contributed by atoms with Crippen molar-refractivity contribution in [1.82, 2.24) is 4.67 Å². The molecule has 0 aromatic heterocycles. The Hall–Kier alpha value is -0.880. The van der Waals surface area contributed by atoms with Gasteiger partial charge in [0.05, 0.1) is 5.16 Å². The van der Waals surface area contributed by atoms with Gasteiger partial charge in [0.2, 0.25) is 0 Å². The summed E-state index contributed by atoms with van der Waals surface area (Å²) in [7, 11) is 0.554. The van der Waals surface area contributed by atoms with Crippen LogP contribution in [-0.2, 0) is 4.57 Å². The zero-order chi connectivity index (χ0) is 18.2. The summed E-state index contributed by atoms with van der Waals surface area (Å²) in [6, 6.07) is 10.1. The maximum Gasteiger partial charge on any atom is 0.178 e. The van der Waals surface area contributed by atoms with Crippen molar-refractivity contribution in [3.05, 3.63) is 53.4 Å². The Morgan fingerprint density at radius 1 is 1.16 bits per heavy atom. The molecule has 5 heteroatoms. The first-order valence-corrected chi connectivity index (χ1v) is 12.0. The standard InChI is InChI=1S/C20H27NO2P2/c1-14-12-17-20(4)19(3,15(2)13-25(20,22)21(5)6)18(14)24(17)23-16-10-8-7-9-11-16/h7-13,17-18H,1-6H3/t17-,18+,19-,20+,24?,25?/m0/s1. The summed E-state index contributed by atoms with van der Waals surface area (Å²) in [6.45, 7) is 8.97. The van der Waals surface area contributed by atoms with Gasteiger partial charge in [0.15, 0.2) is 7.29 Å². The molecule has 0 aliphatic carbocycles. The van der Waals surface area contributed by atoms with Gasteiger partial charge in [0.25, 0.3) is 0 Å². The van der Waals surface area contributed by atoms with Gasteiger partial charge in [-0.15, -0.1) is 0 Å². The van der Waals surface area contributed by atoms with Crippen LogP contribution in [0.15, 0.2) is 53.4 Å². The summed E-state index contributed by atoms with van der Waals surface area (Å²) < 4.78 is 22.7. The molecule has 2 unspecified atom stereocenters. The van der Waals surface area contributed by atoms with Crippen molar-refractivity contribution in [2.75, 3.05) is 14.1 Å². The minimum Gasteiger partial charge on any atom is -0.473 e. The highest BCUT2D eigenvalue weighted by Crippen LogP contribution is 2.88. The molecule has 4 rings (SSSR count). The highest BCUT2D eigenvalue weighted by Gasteiger charge is 2.77. The van der Waals surface area contributed by atoms with Crippen LogP contribution in [0, 0.1) is 5.41 Å². The van der Waals surface area contributed by atoms with Crippen LogP contribution >= 0.6 is 15.4 Å². The quantitative estimate of drug-likeness (QED) is 0.502. The number of hydrogen-bond donors (Lipinski definition) is 0.